The predicted octanol–water partition coefficient (Wildman–Crippen LogP) is 2.86. The maximum atomic E-state index is 12.7. The van der Waals surface area contributed by atoms with Gasteiger partial charge in [-0.2, -0.15) is 13.2 Å². The fourth-order valence-electron chi connectivity index (χ4n) is 1.89. The van der Waals surface area contributed by atoms with E-state index < -0.39 is 12.2 Å². The van der Waals surface area contributed by atoms with Crippen molar-refractivity contribution in [2.45, 2.75) is 19.1 Å². The van der Waals surface area contributed by atoms with E-state index in [0.717, 1.165) is 6.20 Å². The molecule has 1 aromatic carbocycles. The van der Waals surface area contributed by atoms with E-state index in [9.17, 15) is 18.0 Å². The first-order valence-corrected chi connectivity index (χ1v) is 5.25. The highest BCUT2D eigenvalue weighted by atomic mass is 19.4. The number of carbonyl (C=O) groups is 1. The minimum absolute atomic E-state index is 0.0895. The lowest BCUT2D eigenvalue weighted by molar-refractivity contribution is -0.148. The molecule has 6 heteroatoms. The Hall–Kier alpha value is -1.82. The van der Waals surface area contributed by atoms with Gasteiger partial charge in [-0.15, -0.1) is 0 Å². The van der Waals surface area contributed by atoms with Crippen LogP contribution in [0.4, 0.5) is 13.2 Å². The first-order valence-electron chi connectivity index (χ1n) is 5.25. The first-order chi connectivity index (χ1) is 8.32. The molecule has 2 rings (SSSR count). The highest BCUT2D eigenvalue weighted by molar-refractivity contribution is 5.93. The van der Waals surface area contributed by atoms with Gasteiger partial charge < -0.3 is 5.73 Å². The molecule has 0 fully saturated rings. The van der Waals surface area contributed by atoms with Gasteiger partial charge in [0.25, 0.3) is 0 Å². The van der Waals surface area contributed by atoms with Gasteiger partial charge in [-0.25, -0.2) is 0 Å². The van der Waals surface area contributed by atoms with Gasteiger partial charge in [0.05, 0.1) is 5.52 Å². The molecule has 1 heterocycles. The molecule has 1 atom stereocenters. The zero-order chi connectivity index (χ0) is 13.5. The van der Waals surface area contributed by atoms with Crippen LogP contribution in [-0.4, -0.2) is 16.7 Å². The van der Waals surface area contributed by atoms with Crippen molar-refractivity contribution in [3.05, 3.63) is 36.0 Å². The fraction of sp³-hybridized carbons (Fsp3) is 0.250. The second kappa shape index (κ2) is 4.13. The van der Waals surface area contributed by atoms with Crippen LogP contribution in [0.5, 0.6) is 0 Å². The van der Waals surface area contributed by atoms with Crippen molar-refractivity contribution in [3.8, 4) is 0 Å². The predicted molar refractivity (Wildman–Crippen MR) is 61.2 cm³/mol. The molecule has 0 bridgehead atoms. The minimum Gasteiger partial charge on any atom is -0.316 e. The van der Waals surface area contributed by atoms with Crippen LogP contribution in [-0.2, 0) is 0 Å². The number of hydrogen-bond donors (Lipinski definition) is 1. The number of aromatic nitrogens is 1. The number of hydrogen-bond acceptors (Lipinski definition) is 2. The Morgan fingerprint density at radius 3 is 2.50 bits per heavy atom. The summed E-state index contributed by atoms with van der Waals surface area (Å²) in [4.78, 5) is 11.4. The molecule has 2 aromatic rings. The van der Waals surface area contributed by atoms with E-state index >= 15 is 0 Å². The molecule has 1 aromatic heterocycles. The topological polar surface area (TPSA) is 48.0 Å². The van der Waals surface area contributed by atoms with E-state index in [4.69, 9.17) is 5.73 Å². The highest BCUT2D eigenvalue weighted by Crippen LogP contribution is 2.35. The third-order valence-corrected chi connectivity index (χ3v) is 2.77. The highest BCUT2D eigenvalue weighted by Gasteiger charge is 2.39. The van der Waals surface area contributed by atoms with Crippen molar-refractivity contribution < 1.29 is 18.0 Å². The van der Waals surface area contributed by atoms with Gasteiger partial charge in [0, 0.05) is 24.1 Å². The third-order valence-electron chi connectivity index (χ3n) is 2.77. The Morgan fingerprint density at radius 1 is 1.33 bits per heavy atom. The van der Waals surface area contributed by atoms with Gasteiger partial charge in [0.15, 0.2) is 0 Å². The van der Waals surface area contributed by atoms with Crippen LogP contribution in [0.25, 0.3) is 10.9 Å². The largest absolute Gasteiger partial charge is 0.407 e. The standard InChI is InChI=1S/C12H11F3N2O/c1-7(18)17-6-9(11(16)12(13,14)15)8-4-2-3-5-10(8)17/h2-6,11H,16H2,1H3/t11-/m1/s1. The number of nitrogens with zero attached hydrogens (tertiary/aromatic N) is 1. The number of carbonyl (C=O) groups excluding carboxylic acids is 1. The van der Waals surface area contributed by atoms with E-state index in [1.807, 2.05) is 0 Å². The van der Waals surface area contributed by atoms with Crippen molar-refractivity contribution in [1.29, 1.82) is 0 Å². The Labute approximate surface area is 101 Å². The van der Waals surface area contributed by atoms with Crippen LogP contribution in [0, 0.1) is 0 Å². The van der Waals surface area contributed by atoms with Gasteiger partial charge in [0.1, 0.15) is 6.04 Å². The molecule has 3 nitrogen and oxygen atoms in total. The normalized spacial score (nSPS) is 13.8. The molecule has 0 saturated heterocycles. The second-order valence-electron chi connectivity index (χ2n) is 4.01. The zero-order valence-corrected chi connectivity index (χ0v) is 9.53. The van der Waals surface area contributed by atoms with E-state index in [1.165, 1.54) is 17.6 Å². The average molecular weight is 256 g/mol. The van der Waals surface area contributed by atoms with Crippen molar-refractivity contribution >= 4 is 16.8 Å². The number of nitrogens with two attached hydrogens (primary N) is 1. The van der Waals surface area contributed by atoms with Crippen LogP contribution in [0.3, 0.4) is 0 Å². The first kappa shape index (κ1) is 12.6. The third kappa shape index (κ3) is 1.99. The van der Waals surface area contributed by atoms with Crippen LogP contribution in [0.1, 0.15) is 23.3 Å². The van der Waals surface area contributed by atoms with Crippen molar-refractivity contribution in [2.24, 2.45) is 5.73 Å². The van der Waals surface area contributed by atoms with Crippen LogP contribution in [0.2, 0.25) is 0 Å². The van der Waals surface area contributed by atoms with Crippen LogP contribution in [0.15, 0.2) is 30.5 Å². The summed E-state index contributed by atoms with van der Waals surface area (Å²) < 4.78 is 39.1. The molecule has 2 N–H and O–H groups in total. The summed E-state index contributed by atoms with van der Waals surface area (Å²) >= 11 is 0. The summed E-state index contributed by atoms with van der Waals surface area (Å²) in [6.07, 6.45) is -3.38. The summed E-state index contributed by atoms with van der Waals surface area (Å²) in [5.74, 6) is -0.355. The van der Waals surface area contributed by atoms with E-state index in [1.54, 1.807) is 18.2 Å². The fourth-order valence-corrected chi connectivity index (χ4v) is 1.89. The zero-order valence-electron chi connectivity index (χ0n) is 9.53. The molecule has 0 unspecified atom stereocenters. The number of rotatable bonds is 1. The van der Waals surface area contributed by atoms with Gasteiger partial charge in [-0.1, -0.05) is 18.2 Å². The lowest BCUT2D eigenvalue weighted by Crippen LogP contribution is -2.28. The minimum atomic E-state index is -4.54. The summed E-state index contributed by atoms with van der Waals surface area (Å²) in [5, 5.41) is 0.345. The Bertz CT molecular complexity index is 601. The van der Waals surface area contributed by atoms with E-state index in [0.29, 0.717) is 10.9 Å². The monoisotopic (exact) mass is 256 g/mol. The van der Waals surface area contributed by atoms with Crippen LogP contribution >= 0.6 is 0 Å². The van der Waals surface area contributed by atoms with E-state index in [-0.39, 0.29) is 11.5 Å². The summed E-state index contributed by atoms with van der Waals surface area (Å²) in [6, 6.07) is 4.28. The molecular formula is C12H11F3N2O. The van der Waals surface area contributed by atoms with Crippen molar-refractivity contribution in [1.82, 2.24) is 4.57 Å². The molecule has 0 aliphatic carbocycles. The van der Waals surface area contributed by atoms with E-state index in [2.05, 4.69) is 0 Å². The SMILES string of the molecule is CC(=O)n1cc([C@@H](N)C(F)(F)F)c2ccccc21. The quantitative estimate of drug-likeness (QED) is 0.852. The summed E-state index contributed by atoms with van der Waals surface area (Å²) in [6.45, 7) is 1.29. The van der Waals surface area contributed by atoms with Crippen molar-refractivity contribution in [3.63, 3.8) is 0 Å². The molecule has 96 valence electrons. The summed E-state index contributed by atoms with van der Waals surface area (Å²) in [5.41, 5.74) is 5.54. The maximum Gasteiger partial charge on any atom is 0.407 e. The Kier molecular flexibility index (Phi) is 2.90. The second-order valence-corrected chi connectivity index (χ2v) is 4.01. The number of alkyl halides is 3. The molecule has 0 aliphatic heterocycles. The molecule has 0 spiro atoms. The molecule has 0 aliphatic rings. The Balaban J connectivity index is 2.69. The molecular weight excluding hydrogens is 245 g/mol. The smallest absolute Gasteiger partial charge is 0.316 e. The van der Waals surface area contributed by atoms with Crippen molar-refractivity contribution in [2.75, 3.05) is 0 Å². The molecule has 0 radical (unpaired) electrons. The number of benzene rings is 1. The summed E-state index contributed by atoms with van der Waals surface area (Å²) in [7, 11) is 0. The van der Waals surface area contributed by atoms with Gasteiger partial charge in [-0.3, -0.25) is 9.36 Å². The number of fused-ring (bicyclic) bond motifs is 1. The number of para-hydroxylation sites is 1. The molecule has 18 heavy (non-hydrogen) atoms. The van der Waals surface area contributed by atoms with Crippen LogP contribution < -0.4 is 5.73 Å². The van der Waals surface area contributed by atoms with Gasteiger partial charge in [-0.05, 0) is 6.07 Å². The van der Waals surface area contributed by atoms with Gasteiger partial charge in [0.2, 0.25) is 5.91 Å². The molecule has 0 amide bonds. The molecule has 0 saturated carbocycles. The lowest BCUT2D eigenvalue weighted by Gasteiger charge is -2.14. The lowest BCUT2D eigenvalue weighted by atomic mass is 10.1. The average Bonchev–Trinajstić information content (AvgIpc) is 2.66. The Morgan fingerprint density at radius 2 is 1.94 bits per heavy atom. The van der Waals surface area contributed by atoms with Gasteiger partial charge >= 0.3 is 6.18 Å². The number of halogens is 3. The maximum absolute atomic E-state index is 12.7.